The number of carboxylic acids is 3. The first-order valence-electron chi connectivity index (χ1n) is 25.9. The molecule has 5 N–H and O–H groups in total. The van der Waals surface area contributed by atoms with Crippen LogP contribution in [-0.4, -0.2) is 43.4 Å². The summed E-state index contributed by atoms with van der Waals surface area (Å²) in [6, 6.07) is 57.3. The number of hydrogen-bond donors (Lipinski definition) is 5. The van der Waals surface area contributed by atoms with Crippen LogP contribution < -0.4 is 0 Å². The van der Waals surface area contributed by atoms with Crippen LogP contribution in [0.2, 0.25) is 0 Å². The number of aliphatic carboxylic acids is 3. The number of aliphatic hydroxyl groups is 2. The highest BCUT2D eigenvalue weighted by atomic mass is 16.4. The molecule has 4 atom stereocenters. The first-order valence-corrected chi connectivity index (χ1v) is 25.9. The summed E-state index contributed by atoms with van der Waals surface area (Å²) in [6.07, 6.45) is -1.75. The molecule has 0 saturated heterocycles. The van der Waals surface area contributed by atoms with Gasteiger partial charge in [-0.1, -0.05) is 315 Å². The second-order valence-corrected chi connectivity index (χ2v) is 14.3. The van der Waals surface area contributed by atoms with Gasteiger partial charge in [0.2, 0.25) is 0 Å². The van der Waals surface area contributed by atoms with Gasteiger partial charge in [0.15, 0.2) is 6.10 Å². The molecule has 4 unspecified atom stereocenters. The van der Waals surface area contributed by atoms with Crippen LogP contribution in [0.15, 0.2) is 182 Å². The Morgan fingerprint density at radius 1 is 0.280 bits per heavy atom. The van der Waals surface area contributed by atoms with Crippen LogP contribution in [0.5, 0.6) is 0 Å². The van der Waals surface area contributed by atoms with Crippen molar-refractivity contribution in [3.8, 4) is 0 Å². The lowest BCUT2D eigenvalue weighted by Gasteiger charge is -2.04. The summed E-state index contributed by atoms with van der Waals surface area (Å²) < 4.78 is 0. The highest BCUT2D eigenvalue weighted by Crippen LogP contribution is 2.16. The summed E-state index contributed by atoms with van der Waals surface area (Å²) in [5, 5.41) is 43.7. The average molecular weight is 1040 g/mol. The van der Waals surface area contributed by atoms with E-state index in [1.807, 2.05) is 186 Å². The van der Waals surface area contributed by atoms with Crippen LogP contribution in [0.1, 0.15) is 223 Å². The highest BCUT2D eigenvalue weighted by molar-refractivity contribution is 5.76. The van der Waals surface area contributed by atoms with Crippen molar-refractivity contribution in [2.24, 2.45) is 0 Å². The Morgan fingerprint density at radius 2 is 0.453 bits per heavy atom. The molecule has 0 heterocycles. The van der Waals surface area contributed by atoms with Crippen LogP contribution in [0, 0.1) is 0 Å². The van der Waals surface area contributed by atoms with Crippen LogP contribution >= 0.6 is 0 Å². The summed E-state index contributed by atoms with van der Waals surface area (Å²) in [4.78, 5) is 31.2. The summed E-state index contributed by atoms with van der Waals surface area (Å²) in [5.74, 6) is -2.28. The standard InChI is InChI=1S/2C9H10O2.2C9H12.C8H8O3.C8H10O.6C2H6.3CH4/c2*1-7(9(10)11)8-5-3-2-4-6-8;2*1-8(2)9-6-4-3-5-7-9;9-7(8(10)11)6-4-2-1-3-5-6;1-7(9)8-5-3-2-4-6-8;6*1-2;;;/h2*2-7H,1H3,(H,10,11);2*3-8H,1-2H3;1-5,7,9H,(H,10,11);2-7,9H,1H3;6*1-2H3;3*1H4. The zero-order chi connectivity index (χ0) is 56.9. The largest absolute Gasteiger partial charge is 0.481 e. The lowest BCUT2D eigenvalue weighted by Crippen LogP contribution is -2.09. The molecule has 0 saturated carbocycles. The molecule has 6 aromatic carbocycles. The minimum absolute atomic E-state index is 0. The summed E-state index contributed by atoms with van der Waals surface area (Å²) in [6.45, 7) is 37.9. The smallest absolute Gasteiger partial charge is 0.337 e. The number of carbonyl (C=O) groups is 3. The Balaban J connectivity index is -0.0000000949. The second kappa shape index (κ2) is 63.8. The number of hydrogen-bond acceptors (Lipinski definition) is 5. The van der Waals surface area contributed by atoms with E-state index in [4.69, 9.17) is 25.5 Å². The van der Waals surface area contributed by atoms with Crippen molar-refractivity contribution in [2.45, 2.75) is 190 Å². The van der Waals surface area contributed by atoms with Crippen molar-refractivity contribution in [3.05, 3.63) is 215 Å². The van der Waals surface area contributed by atoms with Gasteiger partial charge in [0.05, 0.1) is 17.9 Å². The van der Waals surface area contributed by atoms with Gasteiger partial charge in [0.1, 0.15) is 0 Å². The van der Waals surface area contributed by atoms with E-state index in [0.717, 1.165) is 16.7 Å². The Hall–Kier alpha value is -6.35. The normalized spacial score (nSPS) is 9.96. The fourth-order valence-electron chi connectivity index (χ4n) is 4.95. The maximum absolute atomic E-state index is 10.5. The van der Waals surface area contributed by atoms with Crippen LogP contribution in [0.4, 0.5) is 0 Å². The number of aliphatic hydroxyl groups excluding tert-OH is 2. The van der Waals surface area contributed by atoms with Gasteiger partial charge in [0, 0.05) is 0 Å². The predicted molar refractivity (Wildman–Crippen MR) is 330 cm³/mol. The molecule has 0 amide bonds. The van der Waals surface area contributed by atoms with E-state index in [9.17, 15) is 14.4 Å². The molecule has 0 aliphatic rings. The SMILES string of the molecule is C.C.C.CC.CC.CC.CC.CC.CC.CC(C(=O)O)c1ccccc1.CC(C(=O)O)c1ccccc1.CC(C)c1ccccc1.CC(C)c1ccccc1.CC(O)c1ccccc1.O=C(O)C(O)c1ccccc1. The van der Waals surface area contributed by atoms with Gasteiger partial charge < -0.3 is 25.5 Å². The molecule has 0 spiro atoms. The van der Waals surface area contributed by atoms with Crippen molar-refractivity contribution in [1.82, 2.24) is 0 Å². The molecule has 6 rings (SSSR count). The maximum Gasteiger partial charge on any atom is 0.337 e. The van der Waals surface area contributed by atoms with Gasteiger partial charge in [0.25, 0.3) is 0 Å². The third kappa shape index (κ3) is 48.4. The van der Waals surface area contributed by atoms with Crippen LogP contribution in [0.3, 0.4) is 0 Å². The third-order valence-electron chi connectivity index (χ3n) is 8.90. The third-order valence-corrected chi connectivity index (χ3v) is 8.90. The molecule has 0 fully saturated rings. The Morgan fingerprint density at radius 3 is 0.587 bits per heavy atom. The Labute approximate surface area is 461 Å². The van der Waals surface area contributed by atoms with E-state index in [1.54, 1.807) is 51.1 Å². The van der Waals surface area contributed by atoms with Gasteiger partial charge in [-0.25, -0.2) is 4.79 Å². The van der Waals surface area contributed by atoms with Gasteiger partial charge in [-0.05, 0) is 66.0 Å². The zero-order valence-corrected chi connectivity index (χ0v) is 47.7. The first-order chi connectivity index (χ1) is 34.6. The van der Waals surface area contributed by atoms with Crippen molar-refractivity contribution in [2.75, 3.05) is 0 Å². The van der Waals surface area contributed by atoms with E-state index < -0.39 is 35.8 Å². The van der Waals surface area contributed by atoms with Crippen LogP contribution in [0.25, 0.3) is 0 Å². The topological polar surface area (TPSA) is 152 Å². The lowest BCUT2D eigenvalue weighted by molar-refractivity contribution is -0.147. The predicted octanol–water partition coefficient (Wildman–Crippen LogP) is 20.0. The maximum atomic E-state index is 10.5. The minimum Gasteiger partial charge on any atom is -0.481 e. The zero-order valence-electron chi connectivity index (χ0n) is 47.7. The van der Waals surface area contributed by atoms with Gasteiger partial charge in [-0.3, -0.25) is 9.59 Å². The summed E-state index contributed by atoms with van der Waals surface area (Å²) in [5.41, 5.74) is 5.90. The second-order valence-electron chi connectivity index (χ2n) is 14.3. The number of rotatable bonds is 9. The number of carboxylic acid groups (broad SMARTS) is 3. The molecule has 75 heavy (non-hydrogen) atoms. The molecule has 0 aromatic heterocycles. The van der Waals surface area contributed by atoms with E-state index in [0.29, 0.717) is 17.4 Å². The Kier molecular flexibility index (Phi) is 75.1. The fraction of sp³-hybridized carbons (Fsp3) is 0.418. The van der Waals surface area contributed by atoms with E-state index in [-0.39, 0.29) is 28.4 Å². The van der Waals surface area contributed by atoms with Gasteiger partial charge in [-0.15, -0.1) is 0 Å². The number of benzene rings is 6. The molecule has 426 valence electrons. The molecule has 8 nitrogen and oxygen atoms in total. The molecule has 0 aliphatic heterocycles. The Bertz CT molecular complexity index is 1750. The van der Waals surface area contributed by atoms with Crippen molar-refractivity contribution >= 4 is 17.9 Å². The quantitative estimate of drug-likeness (QED) is 0.0960. The van der Waals surface area contributed by atoms with Crippen molar-refractivity contribution in [1.29, 1.82) is 0 Å². The van der Waals surface area contributed by atoms with Gasteiger partial charge in [-0.2, -0.15) is 0 Å². The monoisotopic (exact) mass is 1040 g/mol. The van der Waals surface area contributed by atoms with E-state index in [2.05, 4.69) is 76.2 Å². The minimum atomic E-state index is -1.41. The van der Waals surface area contributed by atoms with Gasteiger partial charge >= 0.3 is 17.9 Å². The summed E-state index contributed by atoms with van der Waals surface area (Å²) >= 11 is 0. The first kappa shape index (κ1) is 88.3. The molecule has 0 aliphatic carbocycles. The summed E-state index contributed by atoms with van der Waals surface area (Å²) in [7, 11) is 0. The molecular formula is C67H110O8. The van der Waals surface area contributed by atoms with Crippen molar-refractivity contribution in [3.63, 3.8) is 0 Å². The van der Waals surface area contributed by atoms with E-state index >= 15 is 0 Å². The molecule has 0 bridgehead atoms. The highest BCUT2D eigenvalue weighted by Gasteiger charge is 2.14. The molecule has 8 heteroatoms. The molecule has 6 aromatic rings. The molecule has 0 radical (unpaired) electrons. The van der Waals surface area contributed by atoms with E-state index in [1.165, 1.54) is 11.1 Å². The fourth-order valence-corrected chi connectivity index (χ4v) is 4.95. The average Bonchev–Trinajstić information content (AvgIpc) is 3.45. The molecular weight excluding hydrogens is 933 g/mol. The lowest BCUT2D eigenvalue weighted by atomic mass is 10.0. The van der Waals surface area contributed by atoms with Crippen molar-refractivity contribution < 1.29 is 39.9 Å². The van der Waals surface area contributed by atoms with Crippen LogP contribution in [-0.2, 0) is 14.4 Å².